The van der Waals surface area contributed by atoms with Crippen molar-refractivity contribution in [3.63, 3.8) is 0 Å². The highest BCUT2D eigenvalue weighted by Gasteiger charge is 2.27. The first-order chi connectivity index (χ1) is 13.2. The first-order valence-corrected chi connectivity index (χ1v) is 10.2. The zero-order valence-corrected chi connectivity index (χ0v) is 16.6. The molecule has 2 aliphatic heterocycles. The average Bonchev–Trinajstić information content (AvgIpc) is 3.12. The second kappa shape index (κ2) is 8.36. The van der Waals surface area contributed by atoms with Gasteiger partial charge in [0.2, 0.25) is 0 Å². The van der Waals surface area contributed by atoms with Crippen molar-refractivity contribution in [2.24, 2.45) is 5.92 Å². The Morgan fingerprint density at radius 3 is 2.52 bits per heavy atom. The third-order valence-corrected chi connectivity index (χ3v) is 5.86. The van der Waals surface area contributed by atoms with E-state index in [4.69, 9.17) is 4.98 Å². The van der Waals surface area contributed by atoms with E-state index in [2.05, 4.69) is 56.9 Å². The minimum absolute atomic E-state index is 0.806. The summed E-state index contributed by atoms with van der Waals surface area (Å²) in [6, 6.07) is 10.9. The molecule has 3 heterocycles. The van der Waals surface area contributed by atoms with Crippen molar-refractivity contribution in [1.82, 2.24) is 19.8 Å². The molecule has 0 unspecified atom stereocenters. The minimum Gasteiger partial charge on any atom is -0.353 e. The van der Waals surface area contributed by atoms with E-state index in [1.165, 1.54) is 31.6 Å². The van der Waals surface area contributed by atoms with Crippen molar-refractivity contribution in [3.8, 4) is 0 Å². The number of piperazine rings is 1. The van der Waals surface area contributed by atoms with Gasteiger partial charge in [-0.05, 0) is 38.3 Å². The third kappa shape index (κ3) is 4.66. The highest BCUT2D eigenvalue weighted by atomic mass is 15.3. The molecule has 0 N–H and O–H groups in total. The monoisotopic (exact) mass is 365 g/mol. The lowest BCUT2D eigenvalue weighted by Crippen LogP contribution is -2.48. The lowest BCUT2D eigenvalue weighted by Gasteiger charge is -2.37. The highest BCUT2D eigenvalue weighted by Crippen LogP contribution is 2.22. The fourth-order valence-electron chi connectivity index (χ4n) is 4.38. The van der Waals surface area contributed by atoms with Gasteiger partial charge in [-0.3, -0.25) is 14.8 Å². The van der Waals surface area contributed by atoms with Crippen LogP contribution in [-0.4, -0.2) is 65.6 Å². The summed E-state index contributed by atoms with van der Waals surface area (Å²) in [7, 11) is 0. The first-order valence-electron chi connectivity index (χ1n) is 10.2. The largest absolute Gasteiger partial charge is 0.353 e. The standard InChI is InChI=1S/C22H31N5/c1-18-14-23-19(2)22(24-18)27-12-10-25(11-13-27)16-21-8-9-26(17-21)15-20-6-4-3-5-7-20/h3-7,14,21H,8-13,15-17H2,1-2H3/t21-/m1/s1. The Hall–Kier alpha value is -1.98. The van der Waals surface area contributed by atoms with E-state index in [-0.39, 0.29) is 0 Å². The van der Waals surface area contributed by atoms with Crippen LogP contribution in [0.15, 0.2) is 36.5 Å². The van der Waals surface area contributed by atoms with Crippen molar-refractivity contribution in [1.29, 1.82) is 0 Å². The second-order valence-corrected chi connectivity index (χ2v) is 8.08. The maximum absolute atomic E-state index is 4.71. The lowest BCUT2D eigenvalue weighted by atomic mass is 10.1. The maximum atomic E-state index is 4.71. The Morgan fingerprint density at radius 2 is 1.74 bits per heavy atom. The molecule has 0 bridgehead atoms. The molecular formula is C22H31N5. The molecule has 4 rings (SSSR count). The zero-order chi connectivity index (χ0) is 18.6. The first kappa shape index (κ1) is 18.4. The number of aromatic nitrogens is 2. The normalized spacial score (nSPS) is 21.7. The van der Waals surface area contributed by atoms with Crippen LogP contribution in [0.5, 0.6) is 0 Å². The summed E-state index contributed by atoms with van der Waals surface area (Å²) >= 11 is 0. The molecular weight excluding hydrogens is 334 g/mol. The summed E-state index contributed by atoms with van der Waals surface area (Å²) in [6.07, 6.45) is 3.19. The Bertz CT molecular complexity index is 740. The van der Waals surface area contributed by atoms with E-state index in [9.17, 15) is 0 Å². The van der Waals surface area contributed by atoms with Gasteiger partial charge in [0.25, 0.3) is 0 Å². The zero-order valence-electron chi connectivity index (χ0n) is 16.6. The van der Waals surface area contributed by atoms with Crippen molar-refractivity contribution < 1.29 is 0 Å². The summed E-state index contributed by atoms with van der Waals surface area (Å²) in [5.41, 5.74) is 3.48. The molecule has 5 heteroatoms. The van der Waals surface area contributed by atoms with Crippen LogP contribution in [0, 0.1) is 19.8 Å². The van der Waals surface area contributed by atoms with E-state index < -0.39 is 0 Å². The summed E-state index contributed by atoms with van der Waals surface area (Å²) in [6.45, 7) is 13.2. The number of benzene rings is 1. The Kier molecular flexibility index (Phi) is 5.69. The van der Waals surface area contributed by atoms with E-state index in [0.29, 0.717) is 0 Å². The van der Waals surface area contributed by atoms with Crippen molar-refractivity contribution in [2.75, 3.05) is 50.7 Å². The van der Waals surface area contributed by atoms with Crippen LogP contribution in [0.1, 0.15) is 23.4 Å². The van der Waals surface area contributed by atoms with Gasteiger partial charge in [0.1, 0.15) is 5.82 Å². The Balaban J connectivity index is 1.24. The summed E-state index contributed by atoms with van der Waals surface area (Å²) < 4.78 is 0. The van der Waals surface area contributed by atoms with Crippen LogP contribution in [0.3, 0.4) is 0 Å². The quantitative estimate of drug-likeness (QED) is 0.814. The number of nitrogens with zero attached hydrogens (tertiary/aromatic N) is 5. The van der Waals surface area contributed by atoms with E-state index in [1.807, 2.05) is 13.1 Å². The molecule has 1 aromatic carbocycles. The van der Waals surface area contributed by atoms with E-state index >= 15 is 0 Å². The number of hydrogen-bond acceptors (Lipinski definition) is 5. The van der Waals surface area contributed by atoms with Crippen LogP contribution in [-0.2, 0) is 6.54 Å². The lowest BCUT2D eigenvalue weighted by molar-refractivity contribution is 0.213. The van der Waals surface area contributed by atoms with Gasteiger partial charge in [-0.2, -0.15) is 0 Å². The number of aryl methyl sites for hydroxylation is 2. The van der Waals surface area contributed by atoms with Crippen LogP contribution in [0.2, 0.25) is 0 Å². The second-order valence-electron chi connectivity index (χ2n) is 8.08. The molecule has 5 nitrogen and oxygen atoms in total. The molecule has 0 radical (unpaired) electrons. The van der Waals surface area contributed by atoms with Crippen molar-refractivity contribution >= 4 is 5.82 Å². The number of anilines is 1. The molecule has 2 fully saturated rings. The predicted molar refractivity (Wildman–Crippen MR) is 110 cm³/mol. The van der Waals surface area contributed by atoms with Gasteiger partial charge in [-0.1, -0.05) is 30.3 Å². The van der Waals surface area contributed by atoms with Crippen LogP contribution in [0.4, 0.5) is 5.82 Å². The minimum atomic E-state index is 0.806. The molecule has 2 aliphatic rings. The molecule has 1 atom stereocenters. The number of likely N-dealkylation sites (tertiary alicyclic amines) is 1. The number of rotatable bonds is 5. The highest BCUT2D eigenvalue weighted by molar-refractivity contribution is 5.43. The Morgan fingerprint density at radius 1 is 0.963 bits per heavy atom. The molecule has 1 aromatic heterocycles. The molecule has 144 valence electrons. The summed E-state index contributed by atoms with van der Waals surface area (Å²) in [5, 5.41) is 0. The van der Waals surface area contributed by atoms with Gasteiger partial charge in [-0.15, -0.1) is 0 Å². The molecule has 27 heavy (non-hydrogen) atoms. The van der Waals surface area contributed by atoms with Crippen molar-refractivity contribution in [2.45, 2.75) is 26.8 Å². The van der Waals surface area contributed by atoms with Crippen LogP contribution >= 0.6 is 0 Å². The Labute approximate surface area is 163 Å². The fourth-order valence-corrected chi connectivity index (χ4v) is 4.38. The van der Waals surface area contributed by atoms with E-state index in [1.54, 1.807) is 0 Å². The molecule has 0 amide bonds. The predicted octanol–water partition coefficient (Wildman–Crippen LogP) is 2.74. The van der Waals surface area contributed by atoms with Crippen LogP contribution in [0.25, 0.3) is 0 Å². The molecule has 0 saturated carbocycles. The van der Waals surface area contributed by atoms with Gasteiger partial charge in [0.05, 0.1) is 11.4 Å². The molecule has 0 spiro atoms. The summed E-state index contributed by atoms with van der Waals surface area (Å²) in [4.78, 5) is 16.9. The third-order valence-electron chi connectivity index (χ3n) is 5.86. The van der Waals surface area contributed by atoms with Gasteiger partial charge in [0, 0.05) is 52.0 Å². The average molecular weight is 366 g/mol. The van der Waals surface area contributed by atoms with Gasteiger partial charge in [-0.25, -0.2) is 4.98 Å². The van der Waals surface area contributed by atoms with Crippen molar-refractivity contribution in [3.05, 3.63) is 53.5 Å². The topological polar surface area (TPSA) is 35.5 Å². The smallest absolute Gasteiger partial charge is 0.150 e. The molecule has 0 aliphatic carbocycles. The maximum Gasteiger partial charge on any atom is 0.150 e. The SMILES string of the molecule is Cc1cnc(C)c(N2CCN(C[C@H]3CCN(Cc4ccccc4)C3)CC2)n1. The summed E-state index contributed by atoms with van der Waals surface area (Å²) in [5.74, 6) is 1.88. The van der Waals surface area contributed by atoms with Gasteiger partial charge < -0.3 is 4.90 Å². The number of hydrogen-bond donors (Lipinski definition) is 0. The molecule has 2 saturated heterocycles. The van der Waals surface area contributed by atoms with Gasteiger partial charge in [0.15, 0.2) is 0 Å². The molecule has 2 aromatic rings. The van der Waals surface area contributed by atoms with Crippen LogP contribution < -0.4 is 4.90 Å². The van der Waals surface area contributed by atoms with Gasteiger partial charge >= 0.3 is 0 Å². The fraction of sp³-hybridized carbons (Fsp3) is 0.545. The van der Waals surface area contributed by atoms with E-state index in [0.717, 1.165) is 55.8 Å².